The lowest BCUT2D eigenvalue weighted by molar-refractivity contribution is -0.254. The van der Waals surface area contributed by atoms with Crippen molar-refractivity contribution in [1.29, 1.82) is 0 Å². The largest absolute Gasteiger partial charge is 0.545 e. The molecule has 3 aromatic carbocycles. The van der Waals surface area contributed by atoms with E-state index in [9.17, 15) is 14.7 Å². The number of halogens is 1. The van der Waals surface area contributed by atoms with Crippen molar-refractivity contribution in [2.24, 2.45) is 0 Å². The van der Waals surface area contributed by atoms with E-state index in [4.69, 9.17) is 4.74 Å². The van der Waals surface area contributed by atoms with Crippen LogP contribution in [0.3, 0.4) is 0 Å². The van der Waals surface area contributed by atoms with Gasteiger partial charge in [0.05, 0.1) is 5.97 Å². The van der Waals surface area contributed by atoms with Gasteiger partial charge in [-0.3, -0.25) is 4.79 Å². The quantitative estimate of drug-likeness (QED) is 0.716. The van der Waals surface area contributed by atoms with Gasteiger partial charge in [0.1, 0.15) is 5.75 Å². The lowest BCUT2D eigenvalue weighted by Crippen LogP contribution is -2.26. The number of carbonyl (C=O) groups is 2. The van der Waals surface area contributed by atoms with Crippen molar-refractivity contribution in [2.45, 2.75) is 0 Å². The third-order valence-corrected chi connectivity index (χ3v) is 4.08. The van der Waals surface area contributed by atoms with Gasteiger partial charge >= 0.3 is 0 Å². The van der Waals surface area contributed by atoms with Gasteiger partial charge in [0.25, 0.3) is 5.91 Å². The van der Waals surface area contributed by atoms with Crippen LogP contribution in [0.1, 0.15) is 10.4 Å². The number of carbonyl (C=O) groups excluding carboxylic acids is 2. The normalized spacial score (nSPS) is 10.4. The fourth-order valence-electron chi connectivity index (χ4n) is 2.45. The van der Waals surface area contributed by atoms with Crippen molar-refractivity contribution in [3.8, 4) is 5.75 Å². The van der Waals surface area contributed by atoms with Crippen molar-refractivity contribution < 1.29 is 19.4 Å². The molecule has 0 radical (unpaired) electrons. The second kappa shape index (κ2) is 7.36. The van der Waals surface area contributed by atoms with Crippen LogP contribution in [0.15, 0.2) is 65.1 Å². The molecule has 0 saturated heterocycles. The van der Waals surface area contributed by atoms with E-state index in [1.165, 1.54) is 12.1 Å². The van der Waals surface area contributed by atoms with Gasteiger partial charge in [0.15, 0.2) is 6.61 Å². The minimum absolute atomic E-state index is 0.104. The van der Waals surface area contributed by atoms with Crippen molar-refractivity contribution in [3.63, 3.8) is 0 Å². The number of amides is 1. The molecule has 6 heteroatoms. The second-order valence-corrected chi connectivity index (χ2v) is 6.21. The summed E-state index contributed by atoms with van der Waals surface area (Å²) in [6, 6.07) is 17.8. The first kappa shape index (κ1) is 17.0. The van der Waals surface area contributed by atoms with E-state index in [0.29, 0.717) is 10.2 Å². The highest BCUT2D eigenvalue weighted by Gasteiger charge is 2.10. The molecule has 25 heavy (non-hydrogen) atoms. The van der Waals surface area contributed by atoms with Gasteiger partial charge in [-0.05, 0) is 29.7 Å². The number of hydrogen-bond donors (Lipinski definition) is 1. The van der Waals surface area contributed by atoms with Crippen LogP contribution in [0, 0.1) is 0 Å². The fourth-order valence-corrected chi connectivity index (χ4v) is 2.81. The second-order valence-electron chi connectivity index (χ2n) is 5.29. The maximum atomic E-state index is 12.1. The van der Waals surface area contributed by atoms with Gasteiger partial charge in [-0.1, -0.05) is 52.3 Å². The van der Waals surface area contributed by atoms with Crippen LogP contribution in [0.4, 0.5) is 5.69 Å². The number of benzene rings is 3. The zero-order valence-electron chi connectivity index (χ0n) is 13.0. The van der Waals surface area contributed by atoms with E-state index in [-0.39, 0.29) is 17.9 Å². The number of rotatable bonds is 5. The first-order valence-corrected chi connectivity index (χ1v) is 8.25. The molecule has 0 unspecified atom stereocenters. The van der Waals surface area contributed by atoms with Crippen LogP contribution >= 0.6 is 15.9 Å². The van der Waals surface area contributed by atoms with Crippen LogP contribution in [-0.2, 0) is 4.79 Å². The summed E-state index contributed by atoms with van der Waals surface area (Å²) in [4.78, 5) is 23.3. The molecule has 0 atom stereocenters. The van der Waals surface area contributed by atoms with Crippen LogP contribution in [0.5, 0.6) is 5.75 Å². The Bertz CT molecular complexity index is 950. The van der Waals surface area contributed by atoms with E-state index >= 15 is 0 Å². The summed E-state index contributed by atoms with van der Waals surface area (Å²) in [5.74, 6) is -1.24. The Balaban J connectivity index is 1.72. The molecule has 0 heterocycles. The first-order valence-electron chi connectivity index (χ1n) is 7.46. The molecule has 0 aliphatic heterocycles. The Hall–Kier alpha value is -2.86. The minimum Gasteiger partial charge on any atom is -0.545 e. The Morgan fingerprint density at radius 1 is 1.04 bits per heavy atom. The first-order chi connectivity index (χ1) is 12.0. The smallest absolute Gasteiger partial charge is 0.262 e. The summed E-state index contributed by atoms with van der Waals surface area (Å²) in [7, 11) is 0. The van der Waals surface area contributed by atoms with E-state index in [1.807, 2.05) is 36.4 Å². The average molecular weight is 399 g/mol. The summed E-state index contributed by atoms with van der Waals surface area (Å²) in [6.45, 7) is -0.240. The third-order valence-electron chi connectivity index (χ3n) is 3.58. The van der Waals surface area contributed by atoms with Gasteiger partial charge in [0, 0.05) is 21.1 Å². The van der Waals surface area contributed by atoms with Crippen LogP contribution in [-0.4, -0.2) is 18.5 Å². The summed E-state index contributed by atoms with van der Waals surface area (Å²) in [6.07, 6.45) is 0. The lowest BCUT2D eigenvalue weighted by Gasteiger charge is -2.13. The number of nitrogens with one attached hydrogen (secondary N) is 1. The zero-order valence-corrected chi connectivity index (χ0v) is 14.6. The van der Waals surface area contributed by atoms with Crippen molar-refractivity contribution in [3.05, 3.63) is 70.7 Å². The van der Waals surface area contributed by atoms with Gasteiger partial charge in [-0.15, -0.1) is 0 Å². The predicted octanol–water partition coefficient (Wildman–Crippen LogP) is 2.98. The number of hydrogen-bond acceptors (Lipinski definition) is 4. The Kier molecular flexibility index (Phi) is 5.00. The molecule has 126 valence electrons. The molecule has 0 aromatic heterocycles. The molecule has 0 spiro atoms. The maximum absolute atomic E-state index is 12.1. The molecule has 1 N–H and O–H groups in total. The zero-order chi connectivity index (χ0) is 17.8. The van der Waals surface area contributed by atoms with Gasteiger partial charge < -0.3 is 20.0 Å². The number of aromatic carboxylic acids is 1. The molecule has 0 saturated carbocycles. The standard InChI is InChI=1S/C19H14BrNO4/c20-13-8-9-16(15(10-13)19(23)24)21-18(22)11-25-17-7-3-5-12-4-1-2-6-14(12)17/h1-10H,11H2,(H,21,22)(H,23,24)/p-1. The number of carboxylic acid groups (broad SMARTS) is 1. The average Bonchev–Trinajstić information content (AvgIpc) is 2.61. The van der Waals surface area contributed by atoms with E-state index in [1.54, 1.807) is 12.1 Å². The van der Waals surface area contributed by atoms with E-state index < -0.39 is 11.9 Å². The summed E-state index contributed by atoms with van der Waals surface area (Å²) < 4.78 is 6.17. The van der Waals surface area contributed by atoms with Crippen LogP contribution in [0.25, 0.3) is 10.8 Å². The molecule has 1 amide bonds. The molecule has 0 fully saturated rings. The third kappa shape index (κ3) is 3.97. The van der Waals surface area contributed by atoms with Crippen molar-refractivity contribution in [1.82, 2.24) is 0 Å². The highest BCUT2D eigenvalue weighted by Crippen LogP contribution is 2.25. The minimum atomic E-state index is -1.37. The molecule has 3 aromatic rings. The highest BCUT2D eigenvalue weighted by molar-refractivity contribution is 9.10. The van der Waals surface area contributed by atoms with Gasteiger partial charge in [-0.2, -0.15) is 0 Å². The lowest BCUT2D eigenvalue weighted by atomic mass is 10.1. The van der Waals surface area contributed by atoms with E-state index in [2.05, 4.69) is 21.2 Å². The van der Waals surface area contributed by atoms with Gasteiger partial charge in [-0.25, -0.2) is 0 Å². The Morgan fingerprint density at radius 3 is 2.60 bits per heavy atom. The van der Waals surface area contributed by atoms with Crippen LogP contribution < -0.4 is 15.2 Å². The monoisotopic (exact) mass is 398 g/mol. The van der Waals surface area contributed by atoms with Gasteiger partial charge in [0.2, 0.25) is 0 Å². The molecule has 3 rings (SSSR count). The maximum Gasteiger partial charge on any atom is 0.262 e. The number of carboxylic acids is 1. The molecular weight excluding hydrogens is 386 g/mol. The number of anilines is 1. The predicted molar refractivity (Wildman–Crippen MR) is 96.5 cm³/mol. The topological polar surface area (TPSA) is 78.5 Å². The summed E-state index contributed by atoms with van der Waals surface area (Å²) in [5, 5.41) is 15.6. The SMILES string of the molecule is O=C(COc1cccc2ccccc12)Nc1ccc(Br)cc1C(=O)[O-]. The molecule has 0 aliphatic carbocycles. The highest BCUT2D eigenvalue weighted by atomic mass is 79.9. The summed E-state index contributed by atoms with van der Waals surface area (Å²) >= 11 is 3.19. The van der Waals surface area contributed by atoms with Crippen LogP contribution in [0.2, 0.25) is 0 Å². The fraction of sp³-hybridized carbons (Fsp3) is 0.0526. The Labute approximate surface area is 152 Å². The molecule has 0 aliphatic rings. The number of ether oxygens (including phenoxy) is 1. The van der Waals surface area contributed by atoms with Crippen molar-refractivity contribution in [2.75, 3.05) is 11.9 Å². The van der Waals surface area contributed by atoms with E-state index in [0.717, 1.165) is 10.8 Å². The number of fused-ring (bicyclic) bond motifs is 1. The van der Waals surface area contributed by atoms with Crippen molar-refractivity contribution >= 4 is 44.3 Å². The molecule has 5 nitrogen and oxygen atoms in total. The summed E-state index contributed by atoms with van der Waals surface area (Å²) in [5.41, 5.74) is 0.0580. The molecular formula is C19H13BrNO4-. The Morgan fingerprint density at radius 2 is 1.80 bits per heavy atom. The molecule has 0 bridgehead atoms.